The molecule has 0 aliphatic carbocycles. The van der Waals surface area contributed by atoms with E-state index in [1.165, 1.54) is 13.0 Å². The molecule has 4 heteroatoms. The van der Waals surface area contributed by atoms with Crippen LogP contribution in [0.2, 0.25) is 0 Å². The lowest BCUT2D eigenvalue weighted by Gasteiger charge is -2.30. The molecule has 19 heavy (non-hydrogen) atoms. The van der Waals surface area contributed by atoms with Crippen molar-refractivity contribution in [1.29, 1.82) is 0 Å². The minimum atomic E-state index is -1.46. The number of carbonyl (C=O) groups is 1. The molecule has 106 valence electrons. The summed E-state index contributed by atoms with van der Waals surface area (Å²) in [5.74, 6) is -2.33. The lowest BCUT2D eigenvalue weighted by molar-refractivity contribution is -0.151. The number of hydrogen-bond acceptors (Lipinski definition) is 2. The Balaban J connectivity index is 2.88. The van der Waals surface area contributed by atoms with Crippen molar-refractivity contribution in [3.63, 3.8) is 0 Å². The molecule has 0 aliphatic rings. The van der Waals surface area contributed by atoms with Crippen LogP contribution >= 0.6 is 0 Å². The molecule has 0 aromatic heterocycles. The lowest BCUT2D eigenvalue weighted by Crippen LogP contribution is -2.41. The van der Waals surface area contributed by atoms with Gasteiger partial charge >= 0.3 is 5.97 Å². The smallest absolute Gasteiger partial charge is 0.309 e. The van der Waals surface area contributed by atoms with E-state index in [2.05, 4.69) is 0 Å². The summed E-state index contributed by atoms with van der Waals surface area (Å²) in [6.07, 6.45) is 1.98. The van der Waals surface area contributed by atoms with E-state index in [4.69, 9.17) is 0 Å². The van der Waals surface area contributed by atoms with Gasteiger partial charge in [-0.25, -0.2) is 4.39 Å². The molecule has 0 heterocycles. The largest absolute Gasteiger partial charge is 0.481 e. The maximum atomic E-state index is 13.6. The summed E-state index contributed by atoms with van der Waals surface area (Å²) in [7, 11) is 0. The highest BCUT2D eigenvalue weighted by Crippen LogP contribution is 2.28. The van der Waals surface area contributed by atoms with Gasteiger partial charge in [-0.05, 0) is 25.0 Å². The molecule has 0 radical (unpaired) electrons. The van der Waals surface area contributed by atoms with Gasteiger partial charge in [-0.1, -0.05) is 38.0 Å². The summed E-state index contributed by atoms with van der Waals surface area (Å²) in [6, 6.07) is 6.13. The number of hydrogen-bond donors (Lipinski definition) is 2. The monoisotopic (exact) mass is 268 g/mol. The molecule has 0 fully saturated rings. The van der Waals surface area contributed by atoms with Crippen LogP contribution in [0.5, 0.6) is 0 Å². The third-order valence-corrected chi connectivity index (χ3v) is 3.40. The highest BCUT2D eigenvalue weighted by atomic mass is 19.1. The van der Waals surface area contributed by atoms with Crippen LogP contribution in [-0.2, 0) is 11.2 Å². The van der Waals surface area contributed by atoms with Crippen LogP contribution < -0.4 is 0 Å². The van der Waals surface area contributed by atoms with Crippen LogP contribution in [0.1, 0.15) is 38.7 Å². The highest BCUT2D eigenvalue weighted by Gasteiger charge is 2.37. The number of halogens is 1. The van der Waals surface area contributed by atoms with E-state index in [-0.39, 0.29) is 6.42 Å². The van der Waals surface area contributed by atoms with Gasteiger partial charge in [-0.3, -0.25) is 4.79 Å². The maximum absolute atomic E-state index is 13.6. The molecule has 0 aliphatic heterocycles. The van der Waals surface area contributed by atoms with Gasteiger partial charge in [0.1, 0.15) is 5.82 Å². The zero-order chi connectivity index (χ0) is 14.5. The minimum Gasteiger partial charge on any atom is -0.481 e. The first-order chi connectivity index (χ1) is 8.88. The van der Waals surface area contributed by atoms with Crippen molar-refractivity contribution >= 4 is 5.97 Å². The van der Waals surface area contributed by atoms with Gasteiger partial charge in [-0.15, -0.1) is 0 Å². The Bertz CT molecular complexity index is 429. The van der Waals surface area contributed by atoms with E-state index >= 15 is 0 Å². The van der Waals surface area contributed by atoms with Gasteiger partial charge in [0.05, 0.1) is 11.5 Å². The molecule has 0 saturated heterocycles. The SMILES string of the molecule is CCCCC(C(=O)O)C(C)(O)Cc1ccccc1F. The van der Waals surface area contributed by atoms with Crippen molar-refractivity contribution in [3.8, 4) is 0 Å². The van der Waals surface area contributed by atoms with Crippen molar-refractivity contribution in [2.75, 3.05) is 0 Å². The molecule has 3 nitrogen and oxygen atoms in total. The molecule has 0 spiro atoms. The van der Waals surface area contributed by atoms with Crippen molar-refractivity contribution < 1.29 is 19.4 Å². The van der Waals surface area contributed by atoms with E-state index in [1.54, 1.807) is 18.2 Å². The average molecular weight is 268 g/mol. The van der Waals surface area contributed by atoms with Crippen LogP contribution in [0.15, 0.2) is 24.3 Å². The number of carboxylic acids is 1. The van der Waals surface area contributed by atoms with Crippen molar-refractivity contribution in [2.45, 2.75) is 45.1 Å². The number of carboxylic acid groups (broad SMARTS) is 1. The van der Waals surface area contributed by atoms with E-state index < -0.39 is 23.3 Å². The first-order valence-electron chi connectivity index (χ1n) is 6.57. The number of aliphatic carboxylic acids is 1. The molecular weight excluding hydrogens is 247 g/mol. The quantitative estimate of drug-likeness (QED) is 0.799. The fraction of sp³-hybridized carbons (Fsp3) is 0.533. The molecule has 1 aromatic rings. The molecule has 2 unspecified atom stereocenters. The second kappa shape index (κ2) is 6.66. The average Bonchev–Trinajstić information content (AvgIpc) is 2.31. The van der Waals surface area contributed by atoms with Gasteiger partial charge in [0.15, 0.2) is 0 Å². The summed E-state index contributed by atoms with van der Waals surface area (Å²) in [5.41, 5.74) is -1.11. The van der Waals surface area contributed by atoms with Gasteiger partial charge in [0, 0.05) is 6.42 Å². The maximum Gasteiger partial charge on any atom is 0.309 e. The first kappa shape index (κ1) is 15.6. The topological polar surface area (TPSA) is 57.5 Å². The third-order valence-electron chi connectivity index (χ3n) is 3.40. The van der Waals surface area contributed by atoms with E-state index in [0.717, 1.165) is 12.8 Å². The van der Waals surface area contributed by atoms with Crippen LogP contribution in [0, 0.1) is 11.7 Å². The first-order valence-corrected chi connectivity index (χ1v) is 6.57. The second-order valence-corrected chi connectivity index (χ2v) is 5.16. The number of rotatable bonds is 7. The third kappa shape index (κ3) is 4.31. The van der Waals surface area contributed by atoms with Gasteiger partial charge in [0.2, 0.25) is 0 Å². The summed E-state index contributed by atoms with van der Waals surface area (Å²) in [5, 5.41) is 19.6. The van der Waals surface area contributed by atoms with E-state index in [9.17, 15) is 19.4 Å². The Hall–Kier alpha value is -1.42. The van der Waals surface area contributed by atoms with Gasteiger partial charge in [-0.2, -0.15) is 0 Å². The molecular formula is C15H21FO3. The fourth-order valence-corrected chi connectivity index (χ4v) is 2.26. The molecule has 0 amide bonds. The predicted molar refractivity (Wildman–Crippen MR) is 71.4 cm³/mol. The van der Waals surface area contributed by atoms with Crippen LogP contribution in [0.3, 0.4) is 0 Å². The zero-order valence-electron chi connectivity index (χ0n) is 11.4. The molecule has 0 saturated carbocycles. The number of unbranched alkanes of at least 4 members (excludes halogenated alkanes) is 1. The Kier molecular flexibility index (Phi) is 5.48. The van der Waals surface area contributed by atoms with Crippen LogP contribution in [0.25, 0.3) is 0 Å². The highest BCUT2D eigenvalue weighted by molar-refractivity contribution is 5.71. The van der Waals surface area contributed by atoms with E-state index in [1.807, 2.05) is 6.92 Å². The Labute approximate surface area is 113 Å². The zero-order valence-corrected chi connectivity index (χ0v) is 11.4. The van der Waals surface area contributed by atoms with Crippen molar-refractivity contribution in [1.82, 2.24) is 0 Å². The van der Waals surface area contributed by atoms with Gasteiger partial charge in [0.25, 0.3) is 0 Å². The Morgan fingerprint density at radius 2 is 2.05 bits per heavy atom. The van der Waals surface area contributed by atoms with E-state index in [0.29, 0.717) is 12.0 Å². The Morgan fingerprint density at radius 3 is 2.58 bits per heavy atom. The van der Waals surface area contributed by atoms with Crippen molar-refractivity contribution in [2.24, 2.45) is 5.92 Å². The molecule has 2 N–H and O–H groups in total. The summed E-state index contributed by atoms with van der Waals surface area (Å²) in [6.45, 7) is 3.43. The summed E-state index contributed by atoms with van der Waals surface area (Å²) < 4.78 is 13.6. The predicted octanol–water partition coefficient (Wildman–Crippen LogP) is 3.01. The molecule has 1 rings (SSSR count). The fourth-order valence-electron chi connectivity index (χ4n) is 2.26. The summed E-state index contributed by atoms with van der Waals surface area (Å²) in [4.78, 5) is 11.3. The standard InChI is InChI=1S/C15H21FO3/c1-3-4-8-12(14(17)18)15(2,19)10-11-7-5-6-9-13(11)16/h5-7,9,12,19H,3-4,8,10H2,1-2H3,(H,17,18). The number of aliphatic hydroxyl groups is 1. The second-order valence-electron chi connectivity index (χ2n) is 5.16. The summed E-state index contributed by atoms with van der Waals surface area (Å²) >= 11 is 0. The van der Waals surface area contributed by atoms with Crippen LogP contribution in [0.4, 0.5) is 4.39 Å². The molecule has 1 aromatic carbocycles. The Morgan fingerprint density at radius 1 is 1.42 bits per heavy atom. The molecule has 2 atom stereocenters. The minimum absolute atomic E-state index is 0.000351. The van der Waals surface area contributed by atoms with Crippen LogP contribution in [-0.4, -0.2) is 21.8 Å². The lowest BCUT2D eigenvalue weighted by atomic mass is 9.80. The van der Waals surface area contributed by atoms with Crippen molar-refractivity contribution in [3.05, 3.63) is 35.6 Å². The molecule has 0 bridgehead atoms. The normalized spacial score (nSPS) is 15.8. The van der Waals surface area contributed by atoms with Gasteiger partial charge < -0.3 is 10.2 Å². The number of benzene rings is 1.